The molecule has 6 heteroatoms. The zero-order chi connectivity index (χ0) is 25.8. The maximum Gasteiger partial charge on any atom is 0.205 e. The summed E-state index contributed by atoms with van der Waals surface area (Å²) in [5.74, 6) is -2.24. The number of fused-ring (bicyclic) bond motifs is 1. The van der Waals surface area contributed by atoms with Crippen LogP contribution < -0.4 is 4.74 Å². The molecule has 124 valence electrons. The Bertz CT molecular complexity index is 1090. The Hall–Kier alpha value is -1.08. The number of phenols is 1. The second kappa shape index (κ2) is 7.66. The van der Waals surface area contributed by atoms with E-state index in [0.29, 0.717) is 0 Å². The van der Waals surface area contributed by atoms with Gasteiger partial charge in [0.2, 0.25) is 5.79 Å². The number of ether oxygens (including phenoxy) is 2. The molecule has 0 unspecified atom stereocenters. The van der Waals surface area contributed by atoms with Crippen molar-refractivity contribution in [1.29, 1.82) is 0 Å². The van der Waals surface area contributed by atoms with Crippen molar-refractivity contribution in [1.82, 2.24) is 0 Å². The van der Waals surface area contributed by atoms with Crippen molar-refractivity contribution < 1.29 is 33.4 Å². The van der Waals surface area contributed by atoms with Crippen LogP contribution in [-0.2, 0) is 17.9 Å². The first-order valence-electron chi connectivity index (χ1n) is 11.1. The topological polar surface area (TPSA) is 58.9 Å². The van der Waals surface area contributed by atoms with Gasteiger partial charge in [-0.05, 0) is 36.3 Å². The third-order valence-electron chi connectivity index (χ3n) is 2.37. The van der Waals surface area contributed by atoms with Crippen LogP contribution in [0.4, 0.5) is 0 Å². The summed E-state index contributed by atoms with van der Waals surface area (Å²) in [4.78, 5) is 0. The first-order chi connectivity index (χ1) is 14.7. The van der Waals surface area contributed by atoms with Crippen LogP contribution in [0.15, 0.2) is 45.2 Å². The Morgan fingerprint density at radius 3 is 2.61 bits per heavy atom. The Kier molecular flexibility index (Phi) is 2.95. The van der Waals surface area contributed by atoms with Crippen LogP contribution in [0.2, 0.25) is 0 Å². The molecule has 0 saturated heterocycles. The molecule has 1 aliphatic heterocycles. The van der Waals surface area contributed by atoms with Crippen molar-refractivity contribution in [2.24, 2.45) is 0 Å². The summed E-state index contributed by atoms with van der Waals surface area (Å²) >= 11 is 5.84. The Morgan fingerprint density at radius 1 is 1.26 bits per heavy atom. The molecule has 0 spiro atoms. The molecule has 4 nitrogen and oxygen atoms in total. The van der Waals surface area contributed by atoms with Crippen LogP contribution in [-0.4, -0.2) is 16.0 Å². The van der Waals surface area contributed by atoms with Crippen LogP contribution in [0.1, 0.15) is 38.7 Å². The molecule has 0 amide bonds. The van der Waals surface area contributed by atoms with Crippen molar-refractivity contribution in [2.75, 3.05) is 0 Å². The van der Waals surface area contributed by atoms with Gasteiger partial charge in [0.1, 0.15) is 11.5 Å². The van der Waals surface area contributed by atoms with Crippen LogP contribution in [0.5, 0.6) is 11.5 Å². The average Bonchev–Trinajstić information content (AvgIpc) is 2.65. The normalized spacial score (nSPS) is 24.0. The molecule has 0 saturated carbocycles. The highest BCUT2D eigenvalue weighted by Crippen LogP contribution is 2.32. The first kappa shape index (κ1) is 8.85. The van der Waals surface area contributed by atoms with Gasteiger partial charge in [0.25, 0.3) is 0 Å². The number of hydrogen-bond acceptors (Lipinski definition) is 4. The molecule has 2 N–H and O–H groups in total. The lowest BCUT2D eigenvalue weighted by Gasteiger charge is -2.32. The lowest BCUT2D eigenvalue weighted by Crippen LogP contribution is -2.35. The van der Waals surface area contributed by atoms with Gasteiger partial charge < -0.3 is 19.7 Å². The summed E-state index contributed by atoms with van der Waals surface area (Å²) in [5.41, 5.74) is -0.870. The van der Waals surface area contributed by atoms with Crippen molar-refractivity contribution in [3.8, 4) is 11.5 Å². The minimum absolute atomic E-state index is 0.0574. The van der Waals surface area contributed by atoms with Crippen LogP contribution in [0.3, 0.4) is 0 Å². The third kappa shape index (κ3) is 5.21. The molecule has 3 rings (SSSR count). The summed E-state index contributed by atoms with van der Waals surface area (Å²) < 4.78 is 85.5. The van der Waals surface area contributed by atoms with Gasteiger partial charge in [0.05, 0.1) is 26.8 Å². The molecule has 2 aromatic carbocycles. The van der Waals surface area contributed by atoms with Gasteiger partial charge in [-0.25, -0.2) is 0 Å². The smallest absolute Gasteiger partial charge is 0.205 e. The molecular weight excluding hydrogens is 428 g/mol. The van der Waals surface area contributed by atoms with E-state index in [1.165, 1.54) is 13.8 Å². The van der Waals surface area contributed by atoms with Crippen LogP contribution in [0, 0.1) is 0 Å². The predicted octanol–water partition coefficient (Wildman–Crippen LogP) is 4.74. The van der Waals surface area contributed by atoms with Gasteiger partial charge in [0, 0.05) is 33.9 Å². The summed E-state index contributed by atoms with van der Waals surface area (Å²) in [5, 5.41) is 18.4. The molecule has 1 heterocycles. The Balaban J connectivity index is 0.000000238. The van der Waals surface area contributed by atoms with E-state index in [-0.39, 0.29) is 38.4 Å². The molecule has 1 aliphatic rings. The lowest BCUT2D eigenvalue weighted by molar-refractivity contribution is -0.180. The fourth-order valence-electron chi connectivity index (χ4n) is 1.42. The fourth-order valence-corrected chi connectivity index (χ4v) is 2.01. The summed E-state index contributed by atoms with van der Waals surface area (Å²) in [6.07, 6.45) is 0. The number of hydrogen-bond donors (Lipinski definition) is 2. The van der Waals surface area contributed by atoms with Crippen molar-refractivity contribution in [2.45, 2.75) is 32.8 Å². The standard InChI is InChI=1S/C10H11BrO2.C7H7BrO2/c1-10(2)12-6-7-5-8(11)3-4-9(7)13-10;8-6-1-2-7(10)5(3-6)4-9/h3-5H,6H2,1-2H3;1-3,9-10H,4H2/i3D,4D,5D,6D2;1D,2D,3D,4D2. The Morgan fingerprint density at radius 2 is 1.91 bits per heavy atom. The highest BCUT2D eigenvalue weighted by Gasteiger charge is 2.26. The third-order valence-corrected chi connectivity index (χ3v) is 3.16. The SMILES string of the molecule is [2H]c1c([2H])c(Br)c([2H])c(C([2H])([2H])O)c1O.[2H]c1c([2H])c2c(c([2H])c1Br)C([2H])([2H])OC(C)(C)O2. The van der Waals surface area contributed by atoms with Crippen molar-refractivity contribution in [3.05, 3.63) is 56.3 Å². The van der Waals surface area contributed by atoms with E-state index in [2.05, 4.69) is 31.9 Å². The quantitative estimate of drug-likeness (QED) is 0.651. The van der Waals surface area contributed by atoms with E-state index in [0.717, 1.165) is 0 Å². The number of aromatic hydroxyl groups is 1. The van der Waals surface area contributed by atoms with Gasteiger partial charge in [0.15, 0.2) is 0 Å². The molecular formula is C17H18Br2O4. The van der Waals surface area contributed by atoms with E-state index < -0.39 is 48.3 Å². The average molecular weight is 456 g/mol. The second-order valence-electron chi connectivity index (χ2n) is 4.62. The number of halogens is 2. The number of aliphatic hydroxyl groups is 1. The zero-order valence-electron chi connectivity index (χ0n) is 22.0. The van der Waals surface area contributed by atoms with E-state index >= 15 is 0 Å². The van der Waals surface area contributed by atoms with Gasteiger partial charge in [-0.1, -0.05) is 31.9 Å². The minimum Gasteiger partial charge on any atom is -0.508 e. The zero-order valence-corrected chi connectivity index (χ0v) is 15.1. The number of rotatable bonds is 1. The summed E-state index contributed by atoms with van der Waals surface area (Å²) in [7, 11) is 0. The van der Waals surface area contributed by atoms with E-state index in [4.69, 9.17) is 28.3 Å². The fraction of sp³-hybridized carbons (Fsp3) is 0.294. The van der Waals surface area contributed by atoms with Crippen LogP contribution >= 0.6 is 31.9 Å². The highest BCUT2D eigenvalue weighted by molar-refractivity contribution is 9.10. The van der Waals surface area contributed by atoms with E-state index in [1.54, 1.807) is 0 Å². The van der Waals surface area contributed by atoms with Gasteiger partial charge in [-0.2, -0.15) is 0 Å². The Labute approximate surface area is 166 Å². The monoisotopic (exact) mass is 454 g/mol. The largest absolute Gasteiger partial charge is 0.508 e. The summed E-state index contributed by atoms with van der Waals surface area (Å²) in [6.45, 7) is -2.13. The summed E-state index contributed by atoms with van der Waals surface area (Å²) in [6, 6.07) is -2.29. The maximum absolute atomic E-state index is 9.37. The van der Waals surface area contributed by atoms with Crippen molar-refractivity contribution >= 4 is 31.9 Å². The number of benzene rings is 2. The molecule has 0 fully saturated rings. The van der Waals surface area contributed by atoms with Crippen LogP contribution in [0.25, 0.3) is 0 Å². The van der Waals surface area contributed by atoms with E-state index in [1.807, 2.05) is 0 Å². The predicted molar refractivity (Wildman–Crippen MR) is 95.4 cm³/mol. The molecule has 0 atom stereocenters. The van der Waals surface area contributed by atoms with Gasteiger partial charge >= 0.3 is 0 Å². The van der Waals surface area contributed by atoms with Gasteiger partial charge in [-0.3, -0.25) is 0 Å². The molecule has 0 aromatic heterocycles. The van der Waals surface area contributed by atoms with Crippen molar-refractivity contribution in [3.63, 3.8) is 0 Å². The molecule has 2 aromatic rings. The van der Waals surface area contributed by atoms with Gasteiger partial charge in [-0.15, -0.1) is 0 Å². The molecule has 0 radical (unpaired) electrons. The maximum atomic E-state index is 9.37. The highest BCUT2D eigenvalue weighted by atomic mass is 79.9. The molecule has 0 bridgehead atoms. The molecule has 0 aliphatic carbocycles. The molecule has 23 heavy (non-hydrogen) atoms. The van der Waals surface area contributed by atoms with E-state index in [9.17, 15) is 5.11 Å². The second-order valence-corrected chi connectivity index (χ2v) is 6.21. The first-order valence-corrected chi connectivity index (χ1v) is 7.73. The minimum atomic E-state index is -2.92. The lowest BCUT2D eigenvalue weighted by atomic mass is 10.2.